The molecule has 1 fully saturated rings. The molecule has 0 unspecified atom stereocenters. The minimum atomic E-state index is -4.32. The summed E-state index contributed by atoms with van der Waals surface area (Å²) in [6.45, 7) is 9.45. The fraction of sp³-hybridized carbons (Fsp3) is 0.480. The van der Waals surface area contributed by atoms with Crippen molar-refractivity contribution in [3.05, 3.63) is 59.2 Å². The van der Waals surface area contributed by atoms with Crippen molar-refractivity contribution in [3.63, 3.8) is 0 Å². The Bertz CT molecular complexity index is 969. The van der Waals surface area contributed by atoms with Crippen LogP contribution >= 0.6 is 0 Å². The van der Waals surface area contributed by atoms with E-state index in [-0.39, 0.29) is 12.4 Å². The number of carbonyl (C=O) groups is 1. The van der Waals surface area contributed by atoms with E-state index in [1.165, 1.54) is 18.2 Å². The van der Waals surface area contributed by atoms with Gasteiger partial charge in [0, 0.05) is 50.9 Å². The van der Waals surface area contributed by atoms with Crippen molar-refractivity contribution in [1.82, 2.24) is 9.80 Å². The number of nitrogens with zero attached hydrogens (tertiary/aromatic N) is 2. The van der Waals surface area contributed by atoms with Crippen LogP contribution in [0.5, 0.6) is 11.5 Å². The lowest BCUT2D eigenvalue weighted by molar-refractivity contribution is -0.158. The van der Waals surface area contributed by atoms with E-state index in [1.807, 2.05) is 0 Å². The molecule has 1 aliphatic rings. The molecule has 0 amide bonds. The summed E-state index contributed by atoms with van der Waals surface area (Å²) in [5.74, 6) is -0.0160. The van der Waals surface area contributed by atoms with Gasteiger partial charge in [0.25, 0.3) is 0 Å². The van der Waals surface area contributed by atoms with Gasteiger partial charge in [0.1, 0.15) is 11.5 Å². The molecule has 0 saturated carbocycles. The number of rotatable bonds is 8. The van der Waals surface area contributed by atoms with E-state index in [9.17, 15) is 23.1 Å². The first-order valence-corrected chi connectivity index (χ1v) is 11.3. The van der Waals surface area contributed by atoms with Gasteiger partial charge in [-0.05, 0) is 44.5 Å². The topological polar surface area (TPSA) is 62.2 Å². The molecule has 1 heterocycles. The van der Waals surface area contributed by atoms with Gasteiger partial charge >= 0.3 is 12.1 Å². The van der Waals surface area contributed by atoms with Crippen LogP contribution in [0.4, 0.5) is 13.2 Å². The molecular weight excluding hydrogens is 449 g/mol. The molecule has 0 spiro atoms. The molecule has 1 saturated heterocycles. The van der Waals surface area contributed by atoms with Gasteiger partial charge in [-0.15, -0.1) is 0 Å². The number of benzene rings is 2. The third-order valence-electron chi connectivity index (χ3n) is 5.74. The SMILES string of the molecule is CCOC(=O)C(C)(C)Oc1ccc(CN2CCN(Cc3ccc(C(F)(F)F)cc3)CC2)c(O)c1. The average Bonchev–Trinajstić information content (AvgIpc) is 2.76. The number of halogens is 3. The van der Waals surface area contributed by atoms with E-state index in [1.54, 1.807) is 32.9 Å². The van der Waals surface area contributed by atoms with Gasteiger partial charge in [-0.25, -0.2) is 4.79 Å². The van der Waals surface area contributed by atoms with Crippen molar-refractivity contribution in [2.24, 2.45) is 0 Å². The lowest BCUT2D eigenvalue weighted by Gasteiger charge is -2.35. The second kappa shape index (κ2) is 10.7. The van der Waals surface area contributed by atoms with Crippen molar-refractivity contribution >= 4 is 5.97 Å². The first-order valence-electron chi connectivity index (χ1n) is 11.3. The Balaban J connectivity index is 1.50. The third-order valence-corrected chi connectivity index (χ3v) is 5.74. The second-order valence-electron chi connectivity index (χ2n) is 8.87. The fourth-order valence-corrected chi connectivity index (χ4v) is 3.79. The Morgan fingerprint density at radius 3 is 2.09 bits per heavy atom. The molecule has 3 rings (SSSR count). The summed E-state index contributed by atoms with van der Waals surface area (Å²) in [4.78, 5) is 16.4. The first-order chi connectivity index (χ1) is 16.0. The second-order valence-corrected chi connectivity index (χ2v) is 8.87. The molecule has 186 valence electrons. The predicted molar refractivity (Wildman–Crippen MR) is 121 cm³/mol. The normalized spacial score (nSPS) is 15.8. The molecular formula is C25H31F3N2O4. The van der Waals surface area contributed by atoms with Crippen LogP contribution in [-0.4, -0.2) is 59.3 Å². The highest BCUT2D eigenvalue weighted by molar-refractivity contribution is 5.79. The Hall–Kier alpha value is -2.78. The predicted octanol–water partition coefficient (Wildman–Crippen LogP) is 4.45. The Kier molecular flexibility index (Phi) is 8.09. The number of phenols is 1. The van der Waals surface area contributed by atoms with E-state index < -0.39 is 23.3 Å². The zero-order valence-electron chi connectivity index (χ0n) is 19.7. The summed E-state index contributed by atoms with van der Waals surface area (Å²) in [5, 5.41) is 10.5. The van der Waals surface area contributed by atoms with Crippen molar-refractivity contribution < 1.29 is 32.5 Å². The fourth-order valence-electron chi connectivity index (χ4n) is 3.79. The van der Waals surface area contributed by atoms with Gasteiger partial charge in [-0.3, -0.25) is 9.80 Å². The van der Waals surface area contributed by atoms with E-state index >= 15 is 0 Å². The zero-order valence-corrected chi connectivity index (χ0v) is 19.7. The highest BCUT2D eigenvalue weighted by Gasteiger charge is 2.32. The molecule has 0 radical (unpaired) electrons. The first kappa shape index (κ1) is 25.8. The molecule has 6 nitrogen and oxygen atoms in total. The largest absolute Gasteiger partial charge is 0.507 e. The number of ether oxygens (including phenoxy) is 2. The molecule has 2 aromatic rings. The highest BCUT2D eigenvalue weighted by atomic mass is 19.4. The van der Waals surface area contributed by atoms with Gasteiger partial charge in [0.15, 0.2) is 5.60 Å². The summed E-state index contributed by atoms with van der Waals surface area (Å²) in [5.41, 5.74) is -0.215. The van der Waals surface area contributed by atoms with Crippen molar-refractivity contribution in [3.8, 4) is 11.5 Å². The quantitative estimate of drug-likeness (QED) is 0.564. The van der Waals surface area contributed by atoms with Crippen molar-refractivity contribution in [1.29, 1.82) is 0 Å². The molecule has 2 aromatic carbocycles. The van der Waals surface area contributed by atoms with Crippen LogP contribution in [0, 0.1) is 0 Å². The van der Waals surface area contributed by atoms with Crippen LogP contribution < -0.4 is 4.74 Å². The van der Waals surface area contributed by atoms with Crippen LogP contribution in [0.3, 0.4) is 0 Å². The van der Waals surface area contributed by atoms with Crippen LogP contribution in [0.15, 0.2) is 42.5 Å². The van der Waals surface area contributed by atoms with Crippen molar-refractivity contribution in [2.45, 2.75) is 45.6 Å². The van der Waals surface area contributed by atoms with Crippen molar-refractivity contribution in [2.75, 3.05) is 32.8 Å². The van der Waals surface area contributed by atoms with Gasteiger partial charge in [0.2, 0.25) is 0 Å². The van der Waals surface area contributed by atoms with Crippen LogP contribution in [0.1, 0.15) is 37.5 Å². The van der Waals surface area contributed by atoms with Gasteiger partial charge in [-0.2, -0.15) is 13.2 Å². The standard InChI is InChI=1S/C25H31F3N2O4/c1-4-33-23(32)24(2,3)34-21-10-7-19(22(31)15-21)17-30-13-11-29(12-14-30)16-18-5-8-20(9-6-18)25(26,27)28/h5-10,15,31H,4,11-14,16-17H2,1-3H3. The summed E-state index contributed by atoms with van der Waals surface area (Å²) < 4.78 is 48.9. The highest BCUT2D eigenvalue weighted by Crippen LogP contribution is 2.30. The summed E-state index contributed by atoms with van der Waals surface area (Å²) in [6.07, 6.45) is -4.32. The minimum Gasteiger partial charge on any atom is -0.507 e. The summed E-state index contributed by atoms with van der Waals surface area (Å²) >= 11 is 0. The Morgan fingerprint density at radius 1 is 0.971 bits per heavy atom. The Labute approximate surface area is 197 Å². The van der Waals surface area contributed by atoms with Crippen LogP contribution in [-0.2, 0) is 28.8 Å². The molecule has 9 heteroatoms. The number of piperazine rings is 1. The monoisotopic (exact) mass is 480 g/mol. The maximum absolute atomic E-state index is 12.7. The molecule has 1 aliphatic heterocycles. The maximum Gasteiger partial charge on any atom is 0.416 e. The number of hydrogen-bond donors (Lipinski definition) is 1. The summed E-state index contributed by atoms with van der Waals surface area (Å²) in [6, 6.07) is 10.3. The minimum absolute atomic E-state index is 0.0874. The lowest BCUT2D eigenvalue weighted by Crippen LogP contribution is -2.45. The van der Waals surface area contributed by atoms with Crippen LogP contribution in [0.25, 0.3) is 0 Å². The van der Waals surface area contributed by atoms with E-state index in [0.717, 1.165) is 49.4 Å². The maximum atomic E-state index is 12.7. The molecule has 1 N–H and O–H groups in total. The zero-order chi connectivity index (χ0) is 24.9. The molecule has 0 aliphatic carbocycles. The van der Waals surface area contributed by atoms with Gasteiger partial charge < -0.3 is 14.6 Å². The van der Waals surface area contributed by atoms with E-state index in [4.69, 9.17) is 9.47 Å². The third kappa shape index (κ3) is 6.87. The number of hydrogen-bond acceptors (Lipinski definition) is 6. The lowest BCUT2D eigenvalue weighted by atomic mass is 10.1. The number of phenolic OH excluding ortho intramolecular Hbond substituents is 1. The Morgan fingerprint density at radius 2 is 1.56 bits per heavy atom. The number of alkyl halides is 3. The molecule has 0 bridgehead atoms. The molecule has 34 heavy (non-hydrogen) atoms. The molecule has 0 atom stereocenters. The number of esters is 1. The van der Waals surface area contributed by atoms with Gasteiger partial charge in [-0.1, -0.05) is 18.2 Å². The number of carbonyl (C=O) groups excluding carboxylic acids is 1. The van der Waals surface area contributed by atoms with E-state index in [2.05, 4.69) is 9.80 Å². The van der Waals surface area contributed by atoms with Crippen LogP contribution in [0.2, 0.25) is 0 Å². The average molecular weight is 481 g/mol. The smallest absolute Gasteiger partial charge is 0.416 e. The van der Waals surface area contributed by atoms with E-state index in [0.29, 0.717) is 18.8 Å². The van der Waals surface area contributed by atoms with Gasteiger partial charge in [0.05, 0.1) is 12.2 Å². The number of aromatic hydroxyl groups is 1. The molecule has 0 aromatic heterocycles. The summed E-state index contributed by atoms with van der Waals surface area (Å²) in [7, 11) is 0.